The summed E-state index contributed by atoms with van der Waals surface area (Å²) in [6.45, 7) is 8.32. The molecule has 0 bridgehead atoms. The molecule has 0 saturated carbocycles. The van der Waals surface area contributed by atoms with Crippen molar-refractivity contribution in [2.45, 2.75) is 40.5 Å². The largest absolute Gasteiger partial charge is 0.410 e. The molecular weight excluding hydrogens is 252 g/mol. The molecule has 0 radical (unpaired) electrons. The summed E-state index contributed by atoms with van der Waals surface area (Å²) in [4.78, 5) is 19.5. The van der Waals surface area contributed by atoms with Gasteiger partial charge in [0, 0.05) is 17.8 Å². The molecule has 0 spiro atoms. The Bertz CT molecular complexity index is 419. The van der Waals surface area contributed by atoms with Crippen LogP contribution in [0.15, 0.2) is 6.20 Å². The van der Waals surface area contributed by atoms with Gasteiger partial charge in [-0.2, -0.15) is 0 Å². The van der Waals surface area contributed by atoms with Crippen molar-refractivity contribution >= 4 is 17.0 Å². The summed E-state index contributed by atoms with van der Waals surface area (Å²) in [7, 11) is 0. The van der Waals surface area contributed by atoms with Gasteiger partial charge < -0.3 is 4.74 Å². The molecule has 1 aromatic heterocycles. The lowest BCUT2D eigenvalue weighted by Gasteiger charge is -2.11. The minimum Gasteiger partial charge on any atom is -0.393 e. The van der Waals surface area contributed by atoms with E-state index in [2.05, 4.69) is 37.7 Å². The van der Waals surface area contributed by atoms with Gasteiger partial charge in [-0.05, 0) is 24.7 Å². The third kappa shape index (κ3) is 5.00. The van der Waals surface area contributed by atoms with E-state index in [4.69, 9.17) is 16.3 Å². The average molecular weight is 271 g/mol. The molecule has 0 atom stereocenters. The van der Waals surface area contributed by atoms with Crippen molar-refractivity contribution in [2.24, 2.45) is 11.8 Å². The van der Waals surface area contributed by atoms with E-state index in [1.54, 1.807) is 6.20 Å². The van der Waals surface area contributed by atoms with E-state index < -0.39 is 5.43 Å². The van der Waals surface area contributed by atoms with Gasteiger partial charge in [0.1, 0.15) is 5.69 Å². The SMILES string of the molecule is CC(C)Cc1cnc(CC(C)C)c(OC(=O)Cl)n1. The summed E-state index contributed by atoms with van der Waals surface area (Å²) in [6, 6.07) is 0. The van der Waals surface area contributed by atoms with Gasteiger partial charge in [0.05, 0.1) is 5.69 Å². The van der Waals surface area contributed by atoms with Gasteiger partial charge in [-0.3, -0.25) is 4.98 Å². The van der Waals surface area contributed by atoms with Gasteiger partial charge in [-0.1, -0.05) is 27.7 Å². The van der Waals surface area contributed by atoms with Crippen molar-refractivity contribution < 1.29 is 9.53 Å². The topological polar surface area (TPSA) is 52.1 Å². The first kappa shape index (κ1) is 14.9. The lowest BCUT2D eigenvalue weighted by Crippen LogP contribution is -2.09. The third-order valence-corrected chi connectivity index (χ3v) is 2.33. The molecule has 5 heteroatoms. The number of ether oxygens (including phenoxy) is 1. The molecule has 0 amide bonds. The van der Waals surface area contributed by atoms with Gasteiger partial charge >= 0.3 is 5.43 Å². The zero-order valence-electron chi connectivity index (χ0n) is 11.2. The first-order valence-electron chi connectivity index (χ1n) is 6.10. The van der Waals surface area contributed by atoms with Crippen LogP contribution in [0.25, 0.3) is 0 Å². The van der Waals surface area contributed by atoms with Crippen LogP contribution >= 0.6 is 11.6 Å². The van der Waals surface area contributed by atoms with Gasteiger partial charge in [-0.25, -0.2) is 9.78 Å². The zero-order chi connectivity index (χ0) is 13.7. The van der Waals surface area contributed by atoms with E-state index >= 15 is 0 Å². The molecule has 0 N–H and O–H groups in total. The molecule has 0 aliphatic heterocycles. The van der Waals surface area contributed by atoms with E-state index in [0.717, 1.165) is 12.1 Å². The quantitative estimate of drug-likeness (QED) is 0.767. The van der Waals surface area contributed by atoms with Gasteiger partial charge in [0.15, 0.2) is 0 Å². The molecule has 1 heterocycles. The highest BCUT2D eigenvalue weighted by Crippen LogP contribution is 2.19. The van der Waals surface area contributed by atoms with E-state index in [1.807, 2.05) is 0 Å². The molecule has 1 aromatic rings. The van der Waals surface area contributed by atoms with Crippen LogP contribution in [0.1, 0.15) is 39.1 Å². The standard InChI is InChI=1S/C13H19ClN2O2/c1-8(2)5-10-7-15-11(6-9(3)4)12(16-10)18-13(14)17/h7-9H,5-6H2,1-4H3. The predicted molar refractivity (Wildman–Crippen MR) is 71.0 cm³/mol. The summed E-state index contributed by atoms with van der Waals surface area (Å²) in [5.41, 5.74) is 0.605. The number of aromatic nitrogens is 2. The van der Waals surface area contributed by atoms with E-state index in [1.165, 1.54) is 0 Å². The highest BCUT2D eigenvalue weighted by atomic mass is 35.5. The lowest BCUT2D eigenvalue weighted by molar-refractivity contribution is 0.223. The van der Waals surface area contributed by atoms with Crippen molar-refractivity contribution in [2.75, 3.05) is 0 Å². The van der Waals surface area contributed by atoms with Crippen molar-refractivity contribution in [1.29, 1.82) is 0 Å². The Morgan fingerprint density at radius 1 is 1.28 bits per heavy atom. The second-order valence-electron chi connectivity index (χ2n) is 5.15. The van der Waals surface area contributed by atoms with Crippen LogP contribution in [0.2, 0.25) is 0 Å². The number of hydrogen-bond acceptors (Lipinski definition) is 4. The first-order chi connectivity index (χ1) is 8.38. The number of carbonyl (C=O) groups is 1. The molecular formula is C13H19ClN2O2. The summed E-state index contributed by atoms with van der Waals surface area (Å²) >= 11 is 5.25. The van der Waals surface area contributed by atoms with E-state index in [9.17, 15) is 4.79 Å². The Morgan fingerprint density at radius 3 is 2.39 bits per heavy atom. The molecule has 0 aromatic carbocycles. The number of carbonyl (C=O) groups excluding carboxylic acids is 1. The second-order valence-corrected chi connectivity index (χ2v) is 5.46. The minimum absolute atomic E-state index is 0.238. The minimum atomic E-state index is -0.879. The summed E-state index contributed by atoms with van der Waals surface area (Å²) < 4.78 is 4.92. The molecule has 4 nitrogen and oxygen atoms in total. The Labute approximate surface area is 113 Å². The molecule has 1 rings (SSSR count). The molecule has 0 unspecified atom stereocenters. The van der Waals surface area contributed by atoms with Gasteiger partial charge in [0.25, 0.3) is 0 Å². The molecule has 0 fully saturated rings. The fourth-order valence-electron chi connectivity index (χ4n) is 1.63. The molecule has 100 valence electrons. The van der Waals surface area contributed by atoms with Crippen molar-refractivity contribution in [1.82, 2.24) is 9.97 Å². The third-order valence-electron chi connectivity index (χ3n) is 2.26. The number of rotatable bonds is 5. The van der Waals surface area contributed by atoms with Crippen LogP contribution in [-0.2, 0) is 12.8 Å². The Kier molecular flexibility index (Phi) is 5.54. The fraction of sp³-hybridized carbons (Fsp3) is 0.615. The Balaban J connectivity index is 2.99. The van der Waals surface area contributed by atoms with E-state index in [-0.39, 0.29) is 5.88 Å². The number of hydrogen-bond donors (Lipinski definition) is 0. The number of halogens is 1. The van der Waals surface area contributed by atoms with Crippen molar-refractivity contribution in [3.63, 3.8) is 0 Å². The molecule has 0 aliphatic rings. The monoisotopic (exact) mass is 270 g/mol. The van der Waals surface area contributed by atoms with Crippen LogP contribution in [0.3, 0.4) is 0 Å². The maximum absolute atomic E-state index is 10.9. The van der Waals surface area contributed by atoms with Crippen LogP contribution < -0.4 is 4.74 Å². The van der Waals surface area contributed by atoms with Crippen molar-refractivity contribution in [3.05, 3.63) is 17.6 Å². The maximum atomic E-state index is 10.9. The average Bonchev–Trinajstić information content (AvgIpc) is 2.19. The molecule has 0 saturated heterocycles. The highest BCUT2D eigenvalue weighted by Gasteiger charge is 2.14. The normalized spacial score (nSPS) is 11.1. The molecule has 18 heavy (non-hydrogen) atoms. The smallest absolute Gasteiger partial charge is 0.393 e. The van der Waals surface area contributed by atoms with Gasteiger partial charge in [0.2, 0.25) is 5.88 Å². The first-order valence-corrected chi connectivity index (χ1v) is 6.48. The van der Waals surface area contributed by atoms with Crippen LogP contribution in [0, 0.1) is 11.8 Å². The van der Waals surface area contributed by atoms with Gasteiger partial charge in [-0.15, -0.1) is 0 Å². The number of nitrogens with zero attached hydrogens (tertiary/aromatic N) is 2. The molecule has 0 aliphatic carbocycles. The van der Waals surface area contributed by atoms with Crippen LogP contribution in [0.5, 0.6) is 5.88 Å². The highest BCUT2D eigenvalue weighted by molar-refractivity contribution is 6.61. The zero-order valence-corrected chi connectivity index (χ0v) is 12.0. The fourth-order valence-corrected chi connectivity index (χ4v) is 1.71. The maximum Gasteiger partial charge on any atom is 0.410 e. The summed E-state index contributed by atoms with van der Waals surface area (Å²) in [6.07, 6.45) is 3.24. The Hall–Kier alpha value is -1.16. The van der Waals surface area contributed by atoms with Crippen LogP contribution in [-0.4, -0.2) is 15.4 Å². The lowest BCUT2D eigenvalue weighted by atomic mass is 10.1. The summed E-state index contributed by atoms with van der Waals surface area (Å²) in [5, 5.41) is 0. The summed E-state index contributed by atoms with van der Waals surface area (Å²) in [5.74, 6) is 1.11. The Morgan fingerprint density at radius 2 is 1.89 bits per heavy atom. The van der Waals surface area contributed by atoms with Crippen LogP contribution in [0.4, 0.5) is 4.79 Å². The van der Waals surface area contributed by atoms with Crippen molar-refractivity contribution in [3.8, 4) is 5.88 Å². The second kappa shape index (κ2) is 6.69. The predicted octanol–water partition coefficient (Wildman–Crippen LogP) is 3.61. The van der Waals surface area contributed by atoms with E-state index in [0.29, 0.717) is 24.0 Å².